The van der Waals surface area contributed by atoms with Gasteiger partial charge in [0.15, 0.2) is 0 Å². The summed E-state index contributed by atoms with van der Waals surface area (Å²) in [6, 6.07) is 0. The Bertz CT molecular complexity index is 265. The SMILES string of the molecule is CCOC(C(C)(C)C)C(O[SiH3])(C(C)(C)C)C(C)(C)C. The Morgan fingerprint density at radius 2 is 1.21 bits per heavy atom. The molecule has 3 heteroatoms. The largest absolute Gasteiger partial charge is 0.419 e. The second-order valence-electron chi connectivity index (χ2n) is 8.64. The molecule has 0 amide bonds. The first-order valence-corrected chi connectivity index (χ1v) is 8.24. The molecule has 1 atom stereocenters. The smallest absolute Gasteiger partial charge is 0.147 e. The highest BCUT2D eigenvalue weighted by molar-refractivity contribution is 5.98. The molecule has 2 nitrogen and oxygen atoms in total. The van der Waals surface area contributed by atoms with Gasteiger partial charge in [0.1, 0.15) is 10.5 Å². The van der Waals surface area contributed by atoms with Crippen molar-refractivity contribution in [2.75, 3.05) is 6.61 Å². The van der Waals surface area contributed by atoms with Gasteiger partial charge in [-0.1, -0.05) is 62.3 Å². The van der Waals surface area contributed by atoms with Crippen LogP contribution in [0.2, 0.25) is 0 Å². The molecule has 0 aromatic heterocycles. The lowest BCUT2D eigenvalue weighted by molar-refractivity contribution is -0.226. The van der Waals surface area contributed by atoms with Gasteiger partial charge in [0, 0.05) is 6.61 Å². The van der Waals surface area contributed by atoms with Crippen LogP contribution in [0, 0.1) is 16.2 Å². The number of hydrogen-bond donors (Lipinski definition) is 0. The van der Waals surface area contributed by atoms with Gasteiger partial charge >= 0.3 is 0 Å². The van der Waals surface area contributed by atoms with Crippen molar-refractivity contribution in [1.82, 2.24) is 0 Å². The van der Waals surface area contributed by atoms with Crippen LogP contribution >= 0.6 is 0 Å². The van der Waals surface area contributed by atoms with Gasteiger partial charge in [0.05, 0.1) is 11.7 Å². The highest BCUT2D eigenvalue weighted by Crippen LogP contribution is 2.53. The van der Waals surface area contributed by atoms with Gasteiger partial charge < -0.3 is 9.16 Å². The Morgan fingerprint density at radius 1 is 0.842 bits per heavy atom. The van der Waals surface area contributed by atoms with Gasteiger partial charge in [0.2, 0.25) is 0 Å². The standard InChI is InChI=1S/C16H36O2Si/c1-11-17-12(13(2,3)4)16(18-19,14(5,6)7)15(8,9)10/h12H,11H2,1-10,19H3. The molecule has 0 radical (unpaired) electrons. The molecule has 0 aliphatic carbocycles. The number of hydrogen-bond acceptors (Lipinski definition) is 2. The van der Waals surface area contributed by atoms with Crippen molar-refractivity contribution in [3.05, 3.63) is 0 Å². The van der Waals surface area contributed by atoms with E-state index in [1.54, 1.807) is 0 Å². The highest BCUT2D eigenvalue weighted by atomic mass is 28.2. The van der Waals surface area contributed by atoms with Crippen LogP contribution in [-0.4, -0.2) is 28.8 Å². The highest BCUT2D eigenvalue weighted by Gasteiger charge is 2.59. The minimum atomic E-state index is -0.291. The normalized spacial score (nSPS) is 16.7. The Kier molecular flexibility index (Phi) is 5.91. The summed E-state index contributed by atoms with van der Waals surface area (Å²) in [5.41, 5.74) is -0.221. The summed E-state index contributed by atoms with van der Waals surface area (Å²) in [6.07, 6.45) is 0.0718. The Balaban J connectivity index is 6.09. The molecule has 0 saturated carbocycles. The van der Waals surface area contributed by atoms with Crippen LogP contribution in [-0.2, 0) is 9.16 Å². The minimum Gasteiger partial charge on any atom is -0.419 e. The maximum absolute atomic E-state index is 6.32. The molecule has 0 N–H and O–H groups in total. The van der Waals surface area contributed by atoms with E-state index in [2.05, 4.69) is 69.2 Å². The minimum absolute atomic E-state index is 0.0140. The average molecular weight is 289 g/mol. The van der Waals surface area contributed by atoms with Crippen LogP contribution in [0.25, 0.3) is 0 Å². The van der Waals surface area contributed by atoms with E-state index in [4.69, 9.17) is 9.16 Å². The summed E-state index contributed by atoms with van der Waals surface area (Å²) in [4.78, 5) is 0. The van der Waals surface area contributed by atoms with Gasteiger partial charge in [-0.2, -0.15) is 0 Å². The quantitative estimate of drug-likeness (QED) is 0.736. The van der Waals surface area contributed by atoms with Crippen LogP contribution in [0.4, 0.5) is 0 Å². The molecule has 0 aliphatic rings. The van der Waals surface area contributed by atoms with Crippen LogP contribution in [0.5, 0.6) is 0 Å². The molecule has 19 heavy (non-hydrogen) atoms. The first kappa shape index (κ1) is 19.1. The second kappa shape index (κ2) is 5.86. The summed E-state index contributed by atoms with van der Waals surface area (Å²) < 4.78 is 12.5. The molecule has 1 unspecified atom stereocenters. The van der Waals surface area contributed by atoms with Crippen molar-refractivity contribution in [3.8, 4) is 0 Å². The first-order valence-electron chi connectivity index (χ1n) is 7.42. The maximum atomic E-state index is 6.32. The fraction of sp³-hybridized carbons (Fsp3) is 1.00. The van der Waals surface area contributed by atoms with E-state index in [9.17, 15) is 0 Å². The number of rotatable bonds is 4. The van der Waals surface area contributed by atoms with Crippen LogP contribution in [0.15, 0.2) is 0 Å². The van der Waals surface area contributed by atoms with Crippen LogP contribution in [0.3, 0.4) is 0 Å². The fourth-order valence-corrected chi connectivity index (χ4v) is 5.21. The Hall–Kier alpha value is 0.137. The van der Waals surface area contributed by atoms with E-state index in [0.717, 1.165) is 6.61 Å². The molecule has 0 saturated heterocycles. The molecule has 0 bridgehead atoms. The fourth-order valence-electron chi connectivity index (χ4n) is 3.77. The topological polar surface area (TPSA) is 18.5 Å². The average Bonchev–Trinajstić information content (AvgIpc) is 2.12. The summed E-state index contributed by atoms with van der Waals surface area (Å²) in [6.45, 7) is 23.2. The molecule has 116 valence electrons. The third-order valence-corrected chi connectivity index (χ3v) is 4.68. The van der Waals surface area contributed by atoms with Gasteiger partial charge in [-0.3, -0.25) is 0 Å². The van der Waals surface area contributed by atoms with E-state index in [1.807, 2.05) is 0 Å². The van der Waals surface area contributed by atoms with E-state index >= 15 is 0 Å². The van der Waals surface area contributed by atoms with E-state index in [0.29, 0.717) is 10.5 Å². The van der Waals surface area contributed by atoms with Crippen molar-refractivity contribution in [2.24, 2.45) is 16.2 Å². The summed E-state index contributed by atoms with van der Waals surface area (Å²) in [5.74, 6) is 0. The van der Waals surface area contributed by atoms with E-state index in [1.165, 1.54) is 0 Å². The molecular weight excluding hydrogens is 252 g/mol. The predicted molar refractivity (Wildman–Crippen MR) is 87.5 cm³/mol. The lowest BCUT2D eigenvalue weighted by Gasteiger charge is -2.59. The molecule has 0 spiro atoms. The molecular formula is C16H36O2Si. The van der Waals surface area contributed by atoms with Crippen molar-refractivity contribution in [1.29, 1.82) is 0 Å². The molecule has 0 rings (SSSR count). The first-order chi connectivity index (χ1) is 8.25. The molecule has 0 aromatic rings. The third-order valence-electron chi connectivity index (χ3n) is 4.04. The van der Waals surface area contributed by atoms with Gasteiger partial charge in [-0.05, 0) is 23.2 Å². The Morgan fingerprint density at radius 3 is 1.37 bits per heavy atom. The molecule has 0 fully saturated rings. The summed E-state index contributed by atoms with van der Waals surface area (Å²) >= 11 is 0. The van der Waals surface area contributed by atoms with Crippen molar-refractivity contribution in [3.63, 3.8) is 0 Å². The third kappa shape index (κ3) is 3.62. The van der Waals surface area contributed by atoms with Crippen LogP contribution in [0.1, 0.15) is 69.2 Å². The zero-order chi connectivity index (χ0) is 15.7. The summed E-state index contributed by atoms with van der Waals surface area (Å²) in [7, 11) is 0.716. The zero-order valence-corrected chi connectivity index (χ0v) is 17.1. The van der Waals surface area contributed by atoms with Crippen molar-refractivity contribution in [2.45, 2.75) is 80.9 Å². The van der Waals surface area contributed by atoms with E-state index in [-0.39, 0.29) is 27.9 Å². The molecule has 0 aliphatic heterocycles. The zero-order valence-electron chi connectivity index (χ0n) is 15.1. The number of ether oxygens (including phenoxy) is 1. The Labute approximate surface area is 124 Å². The van der Waals surface area contributed by atoms with E-state index < -0.39 is 0 Å². The second-order valence-corrected chi connectivity index (χ2v) is 9.05. The van der Waals surface area contributed by atoms with Crippen LogP contribution < -0.4 is 0 Å². The monoisotopic (exact) mass is 288 g/mol. The maximum Gasteiger partial charge on any atom is 0.147 e. The summed E-state index contributed by atoms with van der Waals surface area (Å²) in [5, 5.41) is 0. The van der Waals surface area contributed by atoms with Crippen molar-refractivity contribution >= 4 is 10.5 Å². The molecule has 0 heterocycles. The van der Waals surface area contributed by atoms with Gasteiger partial charge in [-0.25, -0.2) is 0 Å². The molecule has 0 aromatic carbocycles. The van der Waals surface area contributed by atoms with Gasteiger partial charge in [-0.15, -0.1) is 0 Å². The van der Waals surface area contributed by atoms with Crippen molar-refractivity contribution < 1.29 is 9.16 Å². The lowest BCUT2D eigenvalue weighted by atomic mass is 9.56. The lowest BCUT2D eigenvalue weighted by Crippen LogP contribution is -2.66. The predicted octanol–water partition coefficient (Wildman–Crippen LogP) is 3.57. The van der Waals surface area contributed by atoms with Gasteiger partial charge in [0.25, 0.3) is 0 Å².